The molecule has 0 aliphatic heterocycles. The van der Waals surface area contributed by atoms with E-state index in [2.05, 4.69) is 0 Å². The molecule has 4 atom stereocenters. The Hall–Kier alpha value is 0.270. The fourth-order valence-electron chi connectivity index (χ4n) is 0.668. The summed E-state index contributed by atoms with van der Waals surface area (Å²) in [5.74, 6) is -1.73. The van der Waals surface area contributed by atoms with Crippen LogP contribution in [0.2, 0.25) is 0 Å². The predicted molar refractivity (Wildman–Crippen MR) is 45.9 cm³/mol. The molecular weight excluding hydrogens is 207 g/mol. The summed E-state index contributed by atoms with van der Waals surface area (Å²) in [7, 11) is 0. The fourth-order valence-corrected chi connectivity index (χ4v) is 0.668. The van der Waals surface area contributed by atoms with Gasteiger partial charge in [-0.05, 0) is 0 Å². The van der Waals surface area contributed by atoms with Crippen molar-refractivity contribution in [2.45, 2.75) is 24.4 Å². The number of rotatable bonds is 5. The second kappa shape index (κ2) is 7.55. The topological polar surface area (TPSA) is 138 Å². The van der Waals surface area contributed by atoms with Gasteiger partial charge in [0.15, 0.2) is 6.10 Å². The number of carbonyl (C=O) groups is 1. The number of carboxylic acid groups (broad SMARTS) is 1. The van der Waals surface area contributed by atoms with E-state index in [1.807, 2.05) is 0 Å². The molecule has 0 spiro atoms. The third kappa shape index (κ3) is 4.67. The van der Waals surface area contributed by atoms with Crippen molar-refractivity contribution >= 4 is 35.5 Å². The summed E-state index contributed by atoms with van der Waals surface area (Å²) in [6.07, 6.45) is -7.84. The second-order valence-corrected chi connectivity index (χ2v) is 2.51. The molecule has 0 aromatic rings. The molecule has 0 aromatic carbocycles. The number of hydrogen-bond acceptors (Lipinski definition) is 6. The van der Waals surface area contributed by atoms with Gasteiger partial charge in [-0.2, -0.15) is 0 Å². The number of aliphatic hydroxyl groups excluding tert-OH is 5. The van der Waals surface area contributed by atoms with Crippen LogP contribution in [-0.2, 0) is 4.79 Å². The molecular formula is C6H13NaO7. The molecule has 0 aliphatic carbocycles. The zero-order valence-corrected chi connectivity index (χ0v) is 6.61. The minimum absolute atomic E-state index is 0. The van der Waals surface area contributed by atoms with E-state index in [1.54, 1.807) is 0 Å². The van der Waals surface area contributed by atoms with Gasteiger partial charge in [-0.25, -0.2) is 4.79 Å². The summed E-state index contributed by atoms with van der Waals surface area (Å²) in [5, 5.41) is 51.8. The molecule has 0 radical (unpaired) electrons. The van der Waals surface area contributed by atoms with E-state index in [0.717, 1.165) is 0 Å². The van der Waals surface area contributed by atoms with Crippen LogP contribution in [0, 0.1) is 0 Å². The molecule has 0 rings (SSSR count). The maximum absolute atomic E-state index is 10.1. The predicted octanol–water partition coefficient (Wildman–Crippen LogP) is -4.14. The first-order chi connectivity index (χ1) is 5.91. The van der Waals surface area contributed by atoms with Crippen molar-refractivity contribution in [2.75, 3.05) is 6.61 Å². The van der Waals surface area contributed by atoms with E-state index in [-0.39, 0.29) is 29.6 Å². The Morgan fingerprint density at radius 2 is 1.50 bits per heavy atom. The summed E-state index contributed by atoms with van der Waals surface area (Å²) in [6.45, 7) is -0.843. The Kier molecular flexibility index (Phi) is 9.00. The van der Waals surface area contributed by atoms with Gasteiger partial charge in [0.2, 0.25) is 0 Å². The molecule has 0 saturated heterocycles. The SMILES string of the molecule is O=C(O)[C@@H](O)[C@@H](O)[C@H](O)[C@H](O)CO.[NaH]. The minimum atomic E-state index is -2.20. The van der Waals surface area contributed by atoms with Crippen LogP contribution in [0.15, 0.2) is 0 Å². The summed E-state index contributed by atoms with van der Waals surface area (Å²) >= 11 is 0. The van der Waals surface area contributed by atoms with E-state index < -0.39 is 37.0 Å². The molecule has 6 N–H and O–H groups in total. The van der Waals surface area contributed by atoms with Crippen molar-refractivity contribution in [2.24, 2.45) is 0 Å². The van der Waals surface area contributed by atoms with Crippen LogP contribution < -0.4 is 0 Å². The Morgan fingerprint density at radius 3 is 1.79 bits per heavy atom. The van der Waals surface area contributed by atoms with Crippen molar-refractivity contribution in [3.05, 3.63) is 0 Å². The van der Waals surface area contributed by atoms with Crippen LogP contribution in [0.5, 0.6) is 0 Å². The Balaban J connectivity index is 0. The van der Waals surface area contributed by atoms with Gasteiger partial charge in [0, 0.05) is 0 Å². The summed E-state index contributed by atoms with van der Waals surface area (Å²) in [5.41, 5.74) is 0. The Labute approximate surface area is 102 Å². The van der Waals surface area contributed by atoms with Crippen LogP contribution >= 0.6 is 0 Å². The quantitative estimate of drug-likeness (QED) is 0.258. The van der Waals surface area contributed by atoms with Crippen molar-refractivity contribution in [1.82, 2.24) is 0 Å². The van der Waals surface area contributed by atoms with Gasteiger partial charge in [0.05, 0.1) is 6.61 Å². The first kappa shape index (κ1) is 16.7. The standard InChI is InChI=1S/C6H12O7.Na.H/c7-1-2(8)3(9)4(10)5(11)6(12)13;;/h2-5,7-11H,1H2,(H,12,13);;/t2-,3-,4+,5+;;/m1../s1. The van der Waals surface area contributed by atoms with Gasteiger partial charge in [0.25, 0.3) is 0 Å². The summed E-state index contributed by atoms with van der Waals surface area (Å²) < 4.78 is 0. The van der Waals surface area contributed by atoms with E-state index in [0.29, 0.717) is 0 Å². The average Bonchev–Trinajstić information content (AvgIpc) is 2.12. The summed E-state index contributed by atoms with van der Waals surface area (Å²) in [4.78, 5) is 10.1. The van der Waals surface area contributed by atoms with E-state index in [1.165, 1.54) is 0 Å². The van der Waals surface area contributed by atoms with Gasteiger partial charge in [-0.15, -0.1) is 0 Å². The van der Waals surface area contributed by atoms with Crippen LogP contribution in [0.25, 0.3) is 0 Å². The molecule has 0 saturated carbocycles. The molecule has 7 nitrogen and oxygen atoms in total. The van der Waals surface area contributed by atoms with Gasteiger partial charge < -0.3 is 30.6 Å². The van der Waals surface area contributed by atoms with E-state index in [4.69, 9.17) is 30.6 Å². The first-order valence-corrected chi connectivity index (χ1v) is 3.47. The molecule has 80 valence electrons. The first-order valence-electron chi connectivity index (χ1n) is 3.47. The molecule has 0 amide bonds. The Bertz CT molecular complexity index is 176. The van der Waals surface area contributed by atoms with E-state index >= 15 is 0 Å². The van der Waals surface area contributed by atoms with Crippen molar-refractivity contribution < 1.29 is 35.4 Å². The van der Waals surface area contributed by atoms with Gasteiger partial charge in [0.1, 0.15) is 18.3 Å². The molecule has 14 heavy (non-hydrogen) atoms. The third-order valence-corrected chi connectivity index (χ3v) is 1.51. The average molecular weight is 220 g/mol. The molecule has 0 aromatic heterocycles. The molecule has 0 bridgehead atoms. The van der Waals surface area contributed by atoms with Crippen LogP contribution in [0.3, 0.4) is 0 Å². The van der Waals surface area contributed by atoms with Crippen LogP contribution in [-0.4, -0.2) is 97.2 Å². The molecule has 0 aliphatic rings. The van der Waals surface area contributed by atoms with Crippen molar-refractivity contribution in [3.63, 3.8) is 0 Å². The maximum atomic E-state index is 10.1. The number of aliphatic carboxylic acids is 1. The van der Waals surface area contributed by atoms with Crippen LogP contribution in [0.4, 0.5) is 0 Å². The normalized spacial score (nSPS) is 18.9. The second-order valence-electron chi connectivity index (χ2n) is 2.51. The molecule has 8 heteroatoms. The molecule has 0 unspecified atom stereocenters. The Morgan fingerprint density at radius 1 is 1.07 bits per heavy atom. The fraction of sp³-hybridized carbons (Fsp3) is 0.833. The van der Waals surface area contributed by atoms with Crippen molar-refractivity contribution in [3.8, 4) is 0 Å². The summed E-state index contributed by atoms with van der Waals surface area (Å²) in [6, 6.07) is 0. The van der Waals surface area contributed by atoms with Gasteiger partial charge in [-0.1, -0.05) is 0 Å². The molecule has 0 fully saturated rings. The van der Waals surface area contributed by atoms with E-state index in [9.17, 15) is 4.79 Å². The zero-order chi connectivity index (χ0) is 10.6. The van der Waals surface area contributed by atoms with Crippen LogP contribution in [0.1, 0.15) is 0 Å². The monoisotopic (exact) mass is 220 g/mol. The van der Waals surface area contributed by atoms with Gasteiger partial charge >= 0.3 is 35.5 Å². The number of aliphatic hydroxyl groups is 5. The number of carboxylic acids is 1. The van der Waals surface area contributed by atoms with Crippen molar-refractivity contribution in [1.29, 1.82) is 0 Å². The number of hydrogen-bond donors (Lipinski definition) is 6. The molecule has 0 heterocycles. The third-order valence-electron chi connectivity index (χ3n) is 1.51. The zero-order valence-electron chi connectivity index (χ0n) is 6.61. The van der Waals surface area contributed by atoms with Gasteiger partial charge in [-0.3, -0.25) is 0 Å².